The molecule has 0 saturated heterocycles. The van der Waals surface area contributed by atoms with Crippen molar-refractivity contribution in [2.45, 2.75) is 13.3 Å². The van der Waals surface area contributed by atoms with Crippen molar-refractivity contribution < 1.29 is 17.9 Å². The lowest BCUT2D eigenvalue weighted by Crippen LogP contribution is -2.16. The second-order valence-electron chi connectivity index (χ2n) is 5.10. The summed E-state index contributed by atoms with van der Waals surface area (Å²) in [5.74, 6) is 0.770. The van der Waals surface area contributed by atoms with Crippen molar-refractivity contribution in [2.24, 2.45) is 0 Å². The summed E-state index contributed by atoms with van der Waals surface area (Å²) in [5.41, 5.74) is 1.91. The number of pyridine rings is 1. The highest BCUT2D eigenvalue weighted by atomic mass is 19.4. The topological polar surface area (TPSA) is 59.9 Å². The Labute approximate surface area is 141 Å². The Morgan fingerprint density at radius 2 is 1.72 bits per heavy atom. The average Bonchev–Trinajstić information content (AvgIpc) is 2.56. The van der Waals surface area contributed by atoms with E-state index in [1.165, 1.54) is 24.3 Å². The van der Waals surface area contributed by atoms with Gasteiger partial charge in [0.15, 0.2) is 0 Å². The van der Waals surface area contributed by atoms with Crippen LogP contribution in [0.4, 0.5) is 24.7 Å². The van der Waals surface area contributed by atoms with Crippen LogP contribution in [0.5, 0.6) is 5.75 Å². The molecule has 0 saturated carbocycles. The van der Waals surface area contributed by atoms with Crippen LogP contribution < -0.4 is 10.1 Å². The normalized spacial score (nSPS) is 11.2. The lowest BCUT2D eigenvalue weighted by Gasteiger charge is -2.11. The molecule has 3 rings (SSSR count). The maximum absolute atomic E-state index is 12.2. The second kappa shape index (κ2) is 6.76. The Bertz CT molecular complexity index is 852. The first-order chi connectivity index (χ1) is 11.9. The van der Waals surface area contributed by atoms with Crippen LogP contribution in [0, 0.1) is 6.92 Å². The van der Waals surface area contributed by atoms with Crippen molar-refractivity contribution in [3.63, 3.8) is 0 Å². The van der Waals surface area contributed by atoms with E-state index in [-0.39, 0.29) is 5.75 Å². The first kappa shape index (κ1) is 16.7. The molecule has 8 heteroatoms. The number of alkyl halides is 3. The van der Waals surface area contributed by atoms with Crippen LogP contribution in [0.2, 0.25) is 0 Å². The number of hydrogen-bond acceptors (Lipinski definition) is 5. The molecule has 1 aromatic carbocycles. The molecule has 0 spiro atoms. The minimum atomic E-state index is -4.71. The highest BCUT2D eigenvalue weighted by molar-refractivity contribution is 5.63. The summed E-state index contributed by atoms with van der Waals surface area (Å²) in [7, 11) is 0. The number of nitrogens with one attached hydrogen (secondary N) is 1. The molecule has 0 aliphatic rings. The number of nitrogens with zero attached hydrogens (tertiary/aromatic N) is 3. The molecule has 0 bridgehead atoms. The number of rotatable bonds is 4. The van der Waals surface area contributed by atoms with Crippen molar-refractivity contribution in [1.82, 2.24) is 15.0 Å². The number of benzene rings is 1. The van der Waals surface area contributed by atoms with Gasteiger partial charge in [-0.2, -0.15) is 0 Å². The Balaban J connectivity index is 1.80. The highest BCUT2D eigenvalue weighted by Gasteiger charge is 2.30. The standard InChI is InChI=1S/C17H13F3N4O/c1-11-22-15(14-4-2-3-9-21-14)10-16(23-11)24-12-5-7-13(8-6-12)25-17(18,19)20/h2-10H,1H3,(H,22,23,24). The van der Waals surface area contributed by atoms with Crippen molar-refractivity contribution in [3.05, 3.63) is 60.6 Å². The molecule has 0 amide bonds. The Kier molecular flexibility index (Phi) is 4.51. The molecule has 3 aromatic rings. The summed E-state index contributed by atoms with van der Waals surface area (Å²) in [4.78, 5) is 12.9. The first-order valence-corrected chi connectivity index (χ1v) is 7.29. The first-order valence-electron chi connectivity index (χ1n) is 7.29. The Hall–Kier alpha value is -3.16. The van der Waals surface area contributed by atoms with E-state index in [1.807, 2.05) is 12.1 Å². The molecule has 0 fully saturated rings. The van der Waals surface area contributed by atoms with Crippen LogP contribution in [0.3, 0.4) is 0 Å². The number of hydrogen-bond donors (Lipinski definition) is 1. The SMILES string of the molecule is Cc1nc(Nc2ccc(OC(F)(F)F)cc2)cc(-c2ccccn2)n1. The molecule has 2 aromatic heterocycles. The molecule has 5 nitrogen and oxygen atoms in total. The highest BCUT2D eigenvalue weighted by Crippen LogP contribution is 2.25. The van der Waals surface area contributed by atoms with Gasteiger partial charge in [0, 0.05) is 18.0 Å². The molecule has 2 heterocycles. The van der Waals surface area contributed by atoms with Gasteiger partial charge in [0.1, 0.15) is 17.4 Å². The van der Waals surface area contributed by atoms with E-state index >= 15 is 0 Å². The second-order valence-corrected chi connectivity index (χ2v) is 5.10. The van der Waals surface area contributed by atoms with Gasteiger partial charge in [0.05, 0.1) is 11.4 Å². The Morgan fingerprint density at radius 1 is 0.960 bits per heavy atom. The summed E-state index contributed by atoms with van der Waals surface area (Å²) in [5, 5.41) is 3.03. The predicted molar refractivity (Wildman–Crippen MR) is 86.4 cm³/mol. The van der Waals surface area contributed by atoms with Crippen molar-refractivity contribution >= 4 is 11.5 Å². The minimum Gasteiger partial charge on any atom is -0.406 e. The summed E-state index contributed by atoms with van der Waals surface area (Å²) in [6, 6.07) is 12.6. The fraction of sp³-hybridized carbons (Fsp3) is 0.118. The van der Waals surface area contributed by atoms with Crippen molar-refractivity contribution in [3.8, 4) is 17.1 Å². The third-order valence-electron chi connectivity index (χ3n) is 3.13. The molecule has 0 unspecified atom stereocenters. The van der Waals surface area contributed by atoms with E-state index in [0.29, 0.717) is 28.7 Å². The van der Waals surface area contributed by atoms with Gasteiger partial charge in [-0.25, -0.2) is 9.97 Å². The molecule has 0 radical (unpaired) electrons. The van der Waals surface area contributed by atoms with Gasteiger partial charge < -0.3 is 10.1 Å². The minimum absolute atomic E-state index is 0.286. The van der Waals surface area contributed by atoms with Crippen molar-refractivity contribution in [2.75, 3.05) is 5.32 Å². The molecule has 0 aliphatic carbocycles. The molecule has 128 valence electrons. The van der Waals surface area contributed by atoms with E-state index in [9.17, 15) is 13.2 Å². The molecular weight excluding hydrogens is 333 g/mol. The van der Waals surface area contributed by atoms with Crippen LogP contribution in [0.15, 0.2) is 54.7 Å². The molecule has 0 aliphatic heterocycles. The van der Waals surface area contributed by atoms with Crippen molar-refractivity contribution in [1.29, 1.82) is 0 Å². The van der Waals surface area contributed by atoms with Crippen LogP contribution in [0.25, 0.3) is 11.4 Å². The maximum atomic E-state index is 12.2. The van der Waals surface area contributed by atoms with E-state index in [4.69, 9.17) is 0 Å². The molecule has 25 heavy (non-hydrogen) atoms. The van der Waals surface area contributed by atoms with Gasteiger partial charge in [-0.1, -0.05) is 6.07 Å². The van der Waals surface area contributed by atoms with Gasteiger partial charge >= 0.3 is 6.36 Å². The van der Waals surface area contributed by atoms with Gasteiger partial charge in [-0.15, -0.1) is 13.2 Å². The summed E-state index contributed by atoms with van der Waals surface area (Å²) >= 11 is 0. The molecule has 1 N–H and O–H groups in total. The average molecular weight is 346 g/mol. The zero-order valence-electron chi connectivity index (χ0n) is 13.1. The number of ether oxygens (including phenoxy) is 1. The summed E-state index contributed by atoms with van der Waals surface area (Å²) < 4.78 is 40.4. The lowest BCUT2D eigenvalue weighted by molar-refractivity contribution is -0.274. The van der Waals surface area contributed by atoms with E-state index in [2.05, 4.69) is 25.0 Å². The number of aryl methyl sites for hydroxylation is 1. The molecule has 0 atom stereocenters. The fourth-order valence-electron chi connectivity index (χ4n) is 2.17. The van der Waals surface area contributed by atoms with E-state index < -0.39 is 6.36 Å². The third kappa shape index (κ3) is 4.66. The third-order valence-corrected chi connectivity index (χ3v) is 3.13. The van der Waals surface area contributed by atoms with E-state index in [1.54, 1.807) is 25.3 Å². The zero-order chi connectivity index (χ0) is 17.9. The van der Waals surface area contributed by atoms with Crippen LogP contribution in [0.1, 0.15) is 5.82 Å². The van der Waals surface area contributed by atoms with Crippen LogP contribution >= 0.6 is 0 Å². The van der Waals surface area contributed by atoms with E-state index in [0.717, 1.165) is 0 Å². The summed E-state index contributed by atoms with van der Waals surface area (Å²) in [6.07, 6.45) is -3.05. The summed E-state index contributed by atoms with van der Waals surface area (Å²) in [6.45, 7) is 1.75. The fourth-order valence-corrected chi connectivity index (χ4v) is 2.17. The number of aromatic nitrogens is 3. The number of anilines is 2. The zero-order valence-corrected chi connectivity index (χ0v) is 13.1. The number of halogens is 3. The predicted octanol–water partition coefficient (Wildman–Crippen LogP) is 4.49. The molecular formula is C17H13F3N4O. The lowest BCUT2D eigenvalue weighted by atomic mass is 10.2. The maximum Gasteiger partial charge on any atom is 0.573 e. The van der Waals surface area contributed by atoms with Crippen LogP contribution in [-0.4, -0.2) is 21.3 Å². The monoisotopic (exact) mass is 346 g/mol. The van der Waals surface area contributed by atoms with Gasteiger partial charge in [0.2, 0.25) is 0 Å². The largest absolute Gasteiger partial charge is 0.573 e. The van der Waals surface area contributed by atoms with Gasteiger partial charge in [0.25, 0.3) is 0 Å². The Morgan fingerprint density at radius 3 is 2.36 bits per heavy atom. The quantitative estimate of drug-likeness (QED) is 0.754. The van der Waals surface area contributed by atoms with Gasteiger partial charge in [-0.3, -0.25) is 4.98 Å². The van der Waals surface area contributed by atoms with Gasteiger partial charge in [-0.05, 0) is 43.3 Å². The van der Waals surface area contributed by atoms with Crippen LogP contribution in [-0.2, 0) is 0 Å². The smallest absolute Gasteiger partial charge is 0.406 e.